The summed E-state index contributed by atoms with van der Waals surface area (Å²) in [5.41, 5.74) is 0. The Bertz CT molecular complexity index is 2760. The molecule has 0 heterocycles. The highest BCUT2D eigenvalue weighted by atomic mass is 31.2. The lowest BCUT2D eigenvalue weighted by Gasteiger charge is -2.21. The molecule has 0 aliphatic heterocycles. The summed E-state index contributed by atoms with van der Waals surface area (Å²) in [4.78, 5) is 73.1. The van der Waals surface area contributed by atoms with Gasteiger partial charge in [-0.2, -0.15) is 0 Å². The molecule has 0 bridgehead atoms. The number of hydrogen-bond donors (Lipinski definition) is 3. The fourth-order valence-corrected chi connectivity index (χ4v) is 11.8. The Balaban J connectivity index is 5.49. The summed E-state index contributed by atoms with van der Waals surface area (Å²) in [6.45, 7) is 4.36. The average molecular weight is 1550 g/mol. The molecule has 0 saturated carbocycles. The molecule has 0 radical (unpaired) electrons. The van der Waals surface area contributed by atoms with Gasteiger partial charge in [-0.1, -0.05) is 287 Å². The summed E-state index contributed by atoms with van der Waals surface area (Å²) in [6.07, 6.45) is 95.9. The molecule has 0 aliphatic rings. The van der Waals surface area contributed by atoms with Crippen LogP contribution in [0.3, 0.4) is 0 Å². The second-order valence-corrected chi connectivity index (χ2v) is 29.5. The minimum atomic E-state index is -5.01. The molecule has 0 amide bonds. The zero-order chi connectivity index (χ0) is 78.9. The number of hydrogen-bond acceptors (Lipinski definition) is 15. The number of carbonyl (C=O) groups excluding carboxylic acids is 4. The number of unbranched alkanes of at least 4 members (excludes halogenated alkanes) is 19. The van der Waals surface area contributed by atoms with Crippen molar-refractivity contribution in [3.63, 3.8) is 0 Å². The highest BCUT2D eigenvalue weighted by Crippen LogP contribution is 2.45. The zero-order valence-electron chi connectivity index (χ0n) is 66.9. The first-order valence-corrected chi connectivity index (χ1v) is 44.0. The Morgan fingerprint density at radius 1 is 0.269 bits per heavy atom. The number of ether oxygens (including phenoxy) is 4. The third-order valence-electron chi connectivity index (χ3n) is 16.4. The lowest BCUT2D eigenvalue weighted by molar-refractivity contribution is -0.161. The first-order chi connectivity index (χ1) is 52.7. The molecule has 108 heavy (non-hydrogen) atoms. The fourth-order valence-electron chi connectivity index (χ4n) is 10.2. The molecule has 3 N–H and O–H groups in total. The predicted octanol–water partition coefficient (Wildman–Crippen LogP) is 24.3. The van der Waals surface area contributed by atoms with Crippen LogP contribution in [0.2, 0.25) is 0 Å². The molecule has 612 valence electrons. The molecule has 0 saturated heterocycles. The van der Waals surface area contributed by atoms with Crippen molar-refractivity contribution in [1.29, 1.82) is 0 Å². The summed E-state index contributed by atoms with van der Waals surface area (Å²) in [5.74, 6) is -2.34. The van der Waals surface area contributed by atoms with Crippen molar-refractivity contribution in [3.8, 4) is 0 Å². The van der Waals surface area contributed by atoms with Gasteiger partial charge in [0.25, 0.3) is 0 Å². The molecule has 5 unspecified atom stereocenters. The van der Waals surface area contributed by atoms with Gasteiger partial charge < -0.3 is 33.8 Å². The van der Waals surface area contributed by atoms with Gasteiger partial charge in [-0.15, -0.1) is 0 Å². The molecule has 0 aromatic heterocycles. The van der Waals surface area contributed by atoms with Crippen LogP contribution in [0.25, 0.3) is 0 Å². The smallest absolute Gasteiger partial charge is 0.462 e. The van der Waals surface area contributed by atoms with Crippen LogP contribution < -0.4 is 0 Å². The van der Waals surface area contributed by atoms with Crippen LogP contribution in [-0.2, 0) is 65.4 Å². The molecule has 0 aromatic rings. The monoisotopic (exact) mass is 1550 g/mol. The summed E-state index contributed by atoms with van der Waals surface area (Å²) < 4.78 is 68.6. The van der Waals surface area contributed by atoms with E-state index in [9.17, 15) is 43.2 Å². The van der Waals surface area contributed by atoms with E-state index in [1.165, 1.54) is 19.3 Å². The quantitative estimate of drug-likeness (QED) is 0.0169. The maximum atomic E-state index is 13.1. The number of phosphoric ester groups is 2. The molecule has 5 atom stereocenters. The minimum absolute atomic E-state index is 0.0266. The van der Waals surface area contributed by atoms with E-state index < -0.39 is 97.5 Å². The number of aliphatic hydroxyl groups excluding tert-OH is 1. The van der Waals surface area contributed by atoms with Gasteiger partial charge in [0, 0.05) is 25.7 Å². The van der Waals surface area contributed by atoms with Crippen molar-refractivity contribution < 1.29 is 80.2 Å². The van der Waals surface area contributed by atoms with Gasteiger partial charge in [0.2, 0.25) is 0 Å². The van der Waals surface area contributed by atoms with E-state index in [1.54, 1.807) is 0 Å². The van der Waals surface area contributed by atoms with Crippen LogP contribution in [0, 0.1) is 0 Å². The lowest BCUT2D eigenvalue weighted by Crippen LogP contribution is -2.30. The SMILES string of the molecule is CC/C=C\C/C=C\C/C=C\C/C=C\C/C=C\C/C=C\CCC(=O)OCC(COP(=O)(O)OCC(O)COP(=O)(O)OCC(COC(=O)CCCCCC/C=C\C/C=C\C/C=C\C/C=C\CC)OC(=O)CCCCCCCCC/C=C\C/C=C\C/C=C\CC)OC(=O)CCCCCCC/C=C\C/C=C\CCCCC. The second kappa shape index (κ2) is 79.3. The van der Waals surface area contributed by atoms with Crippen LogP contribution in [0.1, 0.15) is 297 Å². The number of phosphoric acid groups is 2. The molecule has 0 fully saturated rings. The fraction of sp³-hybridized carbons (Fsp3) is 0.618. The molecule has 0 aliphatic carbocycles. The molecule has 0 spiro atoms. The van der Waals surface area contributed by atoms with Crippen molar-refractivity contribution in [2.45, 2.75) is 316 Å². The largest absolute Gasteiger partial charge is 0.472 e. The third kappa shape index (κ3) is 78.3. The highest BCUT2D eigenvalue weighted by Gasteiger charge is 2.30. The van der Waals surface area contributed by atoms with Gasteiger partial charge in [-0.25, -0.2) is 9.13 Å². The number of rotatable bonds is 75. The van der Waals surface area contributed by atoms with Gasteiger partial charge in [-0.3, -0.25) is 37.3 Å². The Labute approximate surface area is 654 Å². The topological polar surface area (TPSA) is 237 Å². The molecular formula is C89H144O17P2. The van der Waals surface area contributed by atoms with Gasteiger partial charge in [0.15, 0.2) is 12.2 Å². The normalized spacial score (nSPS) is 14.8. The Hall–Kier alpha value is -5.84. The standard InChI is InChI=1S/C89H144O17P2/c1-5-9-13-17-21-25-29-33-37-40-41-44-47-50-54-58-62-66-70-74-87(92)100-79-84(105-88(93)75-71-67-63-59-55-51-45-36-32-28-24-20-16-12-8-4)81-103-107(95,96)101-77-83(90)78-102-108(97,98)104-82-85(106-89(94)76-72-68-64-60-56-52-48-43-39-35-31-27-23-19-15-11-7-3)80-99-86(91)73-69-65-61-57-53-49-46-42-38-34-30-26-22-18-14-10-6-2/h9-11,13-15,21-28,33-39,41,44-46,49-50,54,62,66,83-85,90H,5-8,12,16-20,29-32,40,42-43,47-48,51-53,55-61,63-65,67-82H2,1-4H3,(H,95,96)(H,97,98)/b13-9-,14-10-,15-11-,25-21-,26-22-,27-23-,28-24-,37-33-,38-34-,39-35-,44-41-,45-36-,49-46-,54-50-,66-62-. The van der Waals surface area contributed by atoms with Crippen molar-refractivity contribution in [2.75, 3.05) is 39.6 Å². The first kappa shape index (κ1) is 102. The number of esters is 4. The number of carbonyl (C=O) groups is 4. The summed E-state index contributed by atoms with van der Waals surface area (Å²) in [6, 6.07) is 0. The van der Waals surface area contributed by atoms with E-state index in [1.807, 2.05) is 18.2 Å². The van der Waals surface area contributed by atoms with Crippen LogP contribution in [0.4, 0.5) is 0 Å². The Kier molecular flexibility index (Phi) is 75.0. The molecule has 19 heteroatoms. The van der Waals surface area contributed by atoms with Crippen LogP contribution in [0.15, 0.2) is 182 Å². The zero-order valence-corrected chi connectivity index (χ0v) is 68.7. The number of aliphatic hydroxyl groups is 1. The third-order valence-corrected chi connectivity index (χ3v) is 18.3. The Morgan fingerprint density at radius 3 is 0.796 bits per heavy atom. The summed E-state index contributed by atoms with van der Waals surface area (Å²) >= 11 is 0. The molecule has 17 nitrogen and oxygen atoms in total. The first-order valence-electron chi connectivity index (χ1n) is 41.0. The Morgan fingerprint density at radius 2 is 0.500 bits per heavy atom. The number of allylic oxidation sites excluding steroid dienone is 30. The van der Waals surface area contributed by atoms with E-state index in [0.717, 1.165) is 193 Å². The average Bonchev–Trinajstić information content (AvgIpc) is 0.901. The maximum absolute atomic E-state index is 13.1. The molecule has 0 rings (SSSR count). The second-order valence-electron chi connectivity index (χ2n) is 26.6. The predicted molar refractivity (Wildman–Crippen MR) is 445 cm³/mol. The molecular weight excluding hydrogens is 1400 g/mol. The highest BCUT2D eigenvalue weighted by molar-refractivity contribution is 7.47. The minimum Gasteiger partial charge on any atom is -0.462 e. The van der Waals surface area contributed by atoms with Gasteiger partial charge in [0.05, 0.1) is 26.4 Å². The van der Waals surface area contributed by atoms with Crippen LogP contribution >= 0.6 is 15.6 Å². The van der Waals surface area contributed by atoms with Gasteiger partial charge in [-0.05, 0) is 167 Å². The van der Waals surface area contributed by atoms with Gasteiger partial charge in [0.1, 0.15) is 19.3 Å². The van der Waals surface area contributed by atoms with Gasteiger partial charge >= 0.3 is 39.5 Å². The van der Waals surface area contributed by atoms with E-state index in [0.29, 0.717) is 32.1 Å². The summed E-state index contributed by atoms with van der Waals surface area (Å²) in [7, 11) is -10.0. The van der Waals surface area contributed by atoms with Crippen LogP contribution in [-0.4, -0.2) is 96.7 Å². The van der Waals surface area contributed by atoms with Crippen molar-refractivity contribution in [2.24, 2.45) is 0 Å². The summed E-state index contributed by atoms with van der Waals surface area (Å²) in [5, 5.41) is 10.7. The van der Waals surface area contributed by atoms with Crippen LogP contribution in [0.5, 0.6) is 0 Å². The molecule has 0 aromatic carbocycles. The van der Waals surface area contributed by atoms with Crippen molar-refractivity contribution >= 4 is 39.5 Å². The van der Waals surface area contributed by atoms with E-state index >= 15 is 0 Å². The van der Waals surface area contributed by atoms with E-state index in [4.69, 9.17) is 37.0 Å². The van der Waals surface area contributed by atoms with E-state index in [-0.39, 0.29) is 25.7 Å². The van der Waals surface area contributed by atoms with E-state index in [2.05, 4.69) is 192 Å². The van der Waals surface area contributed by atoms with Crippen molar-refractivity contribution in [3.05, 3.63) is 182 Å². The van der Waals surface area contributed by atoms with Crippen molar-refractivity contribution in [1.82, 2.24) is 0 Å². The lowest BCUT2D eigenvalue weighted by atomic mass is 10.1. The maximum Gasteiger partial charge on any atom is 0.472 e.